The van der Waals surface area contributed by atoms with Crippen molar-refractivity contribution in [2.75, 3.05) is 6.61 Å². The van der Waals surface area contributed by atoms with Crippen molar-refractivity contribution in [1.82, 2.24) is 5.32 Å². The van der Waals surface area contributed by atoms with Crippen LogP contribution in [0.3, 0.4) is 0 Å². The monoisotopic (exact) mass is 237 g/mol. The molecule has 2 aliphatic rings. The van der Waals surface area contributed by atoms with Gasteiger partial charge in [-0.05, 0) is 39.0 Å². The first-order chi connectivity index (χ1) is 8.20. The Hall–Kier alpha value is -0.340. The summed E-state index contributed by atoms with van der Waals surface area (Å²) in [5, 5.41) is 3.85. The molecule has 17 heavy (non-hydrogen) atoms. The van der Waals surface area contributed by atoms with Gasteiger partial charge in [-0.1, -0.05) is 26.0 Å². The van der Waals surface area contributed by atoms with Crippen LogP contribution in [0, 0.1) is 5.41 Å². The maximum absolute atomic E-state index is 5.85. The minimum atomic E-state index is 0.344. The summed E-state index contributed by atoms with van der Waals surface area (Å²) >= 11 is 0. The molecule has 0 bridgehead atoms. The quantitative estimate of drug-likeness (QED) is 0.741. The lowest BCUT2D eigenvalue weighted by Gasteiger charge is -2.55. The molecule has 2 heteroatoms. The van der Waals surface area contributed by atoms with Gasteiger partial charge in [-0.25, -0.2) is 0 Å². The first-order valence-corrected chi connectivity index (χ1v) is 7.23. The van der Waals surface area contributed by atoms with Gasteiger partial charge in [-0.2, -0.15) is 0 Å². The molecule has 0 heterocycles. The Kier molecular flexibility index (Phi) is 4.26. The van der Waals surface area contributed by atoms with Crippen LogP contribution in [0.25, 0.3) is 0 Å². The summed E-state index contributed by atoms with van der Waals surface area (Å²) in [6, 6.07) is 1.35. The molecule has 0 aliphatic heterocycles. The summed E-state index contributed by atoms with van der Waals surface area (Å²) in [5.74, 6) is 0. The van der Waals surface area contributed by atoms with Crippen LogP contribution >= 0.6 is 0 Å². The van der Waals surface area contributed by atoms with Gasteiger partial charge >= 0.3 is 0 Å². The third kappa shape index (κ3) is 2.58. The van der Waals surface area contributed by atoms with Gasteiger partial charge in [0.2, 0.25) is 0 Å². The summed E-state index contributed by atoms with van der Waals surface area (Å²) in [6.07, 6.45) is 11.2. The molecule has 2 nitrogen and oxygen atoms in total. The molecule has 0 aromatic heterocycles. The molecule has 1 saturated carbocycles. The fraction of sp³-hybridized carbons (Fsp3) is 0.867. The highest BCUT2D eigenvalue weighted by Gasteiger charge is 2.51. The number of allylic oxidation sites excluding steroid dienone is 1. The van der Waals surface area contributed by atoms with Crippen molar-refractivity contribution in [3.8, 4) is 0 Å². The van der Waals surface area contributed by atoms with E-state index in [1.165, 1.54) is 32.1 Å². The van der Waals surface area contributed by atoms with E-state index in [9.17, 15) is 0 Å². The van der Waals surface area contributed by atoms with Crippen LogP contribution in [0.15, 0.2) is 12.2 Å². The molecule has 0 saturated heterocycles. The van der Waals surface area contributed by atoms with Gasteiger partial charge in [0, 0.05) is 24.1 Å². The minimum Gasteiger partial charge on any atom is -0.378 e. The van der Waals surface area contributed by atoms with E-state index >= 15 is 0 Å². The Morgan fingerprint density at radius 3 is 2.76 bits per heavy atom. The van der Waals surface area contributed by atoms with Crippen LogP contribution in [0.4, 0.5) is 0 Å². The fourth-order valence-electron chi connectivity index (χ4n) is 3.24. The highest BCUT2D eigenvalue weighted by molar-refractivity contribution is 5.06. The second-order valence-electron chi connectivity index (χ2n) is 5.74. The molecular weight excluding hydrogens is 210 g/mol. The number of ether oxygens (including phenoxy) is 1. The Bertz CT molecular complexity index is 276. The highest BCUT2D eigenvalue weighted by atomic mass is 16.5. The van der Waals surface area contributed by atoms with E-state index in [0.717, 1.165) is 6.61 Å². The van der Waals surface area contributed by atoms with Crippen molar-refractivity contribution in [1.29, 1.82) is 0 Å². The van der Waals surface area contributed by atoms with Crippen LogP contribution in [-0.2, 0) is 4.74 Å². The molecule has 2 aliphatic carbocycles. The molecule has 2 rings (SSSR count). The van der Waals surface area contributed by atoms with E-state index < -0.39 is 0 Å². The third-order valence-corrected chi connectivity index (χ3v) is 4.82. The number of hydrogen-bond donors (Lipinski definition) is 1. The van der Waals surface area contributed by atoms with Crippen LogP contribution in [0.2, 0.25) is 0 Å². The molecule has 1 N–H and O–H groups in total. The van der Waals surface area contributed by atoms with Crippen molar-refractivity contribution in [2.24, 2.45) is 5.41 Å². The fourth-order valence-corrected chi connectivity index (χ4v) is 3.24. The molecule has 4 unspecified atom stereocenters. The second kappa shape index (κ2) is 5.53. The zero-order valence-electron chi connectivity index (χ0n) is 11.5. The first kappa shape index (κ1) is 13.1. The molecular formula is C15H27NO. The van der Waals surface area contributed by atoms with Gasteiger partial charge in [0.25, 0.3) is 0 Å². The Morgan fingerprint density at radius 2 is 2.18 bits per heavy atom. The van der Waals surface area contributed by atoms with E-state index in [1.54, 1.807) is 0 Å². The minimum absolute atomic E-state index is 0.344. The maximum Gasteiger partial charge on any atom is 0.0658 e. The zero-order valence-corrected chi connectivity index (χ0v) is 11.5. The van der Waals surface area contributed by atoms with Gasteiger partial charge in [0.05, 0.1) is 6.10 Å². The predicted molar refractivity (Wildman–Crippen MR) is 72.1 cm³/mol. The smallest absolute Gasteiger partial charge is 0.0658 e. The average Bonchev–Trinajstić information content (AvgIpc) is 2.38. The zero-order chi connectivity index (χ0) is 12.3. The first-order valence-electron chi connectivity index (χ1n) is 7.23. The van der Waals surface area contributed by atoms with Gasteiger partial charge < -0.3 is 10.1 Å². The number of hydrogen-bond acceptors (Lipinski definition) is 2. The van der Waals surface area contributed by atoms with E-state index in [4.69, 9.17) is 4.74 Å². The third-order valence-electron chi connectivity index (χ3n) is 4.82. The molecule has 98 valence electrons. The van der Waals surface area contributed by atoms with E-state index in [0.29, 0.717) is 23.6 Å². The Balaban J connectivity index is 1.87. The number of nitrogens with one attached hydrogen (secondary N) is 1. The lowest BCUT2D eigenvalue weighted by molar-refractivity contribution is -0.128. The summed E-state index contributed by atoms with van der Waals surface area (Å²) < 4.78 is 5.85. The number of rotatable bonds is 5. The molecule has 0 aromatic rings. The molecule has 0 aromatic carbocycles. The van der Waals surface area contributed by atoms with E-state index in [-0.39, 0.29) is 0 Å². The van der Waals surface area contributed by atoms with Crippen molar-refractivity contribution in [2.45, 2.75) is 71.1 Å². The van der Waals surface area contributed by atoms with Crippen molar-refractivity contribution >= 4 is 0 Å². The largest absolute Gasteiger partial charge is 0.378 e. The van der Waals surface area contributed by atoms with Gasteiger partial charge in [0.15, 0.2) is 0 Å². The second-order valence-corrected chi connectivity index (χ2v) is 5.74. The van der Waals surface area contributed by atoms with Crippen LogP contribution in [0.1, 0.15) is 52.9 Å². The molecule has 1 fully saturated rings. The van der Waals surface area contributed by atoms with Crippen LogP contribution in [0.5, 0.6) is 0 Å². The maximum atomic E-state index is 5.85. The molecule has 0 spiro atoms. The standard InChI is InChI=1S/C15H27NO/c1-4-15(3)13(11-14(15)17-5-2)16-12-9-7-6-8-10-12/h6-7,12-14,16H,4-5,8-11H2,1-3H3. The normalized spacial score (nSPS) is 41.2. The van der Waals surface area contributed by atoms with Gasteiger partial charge in [0.1, 0.15) is 0 Å². The van der Waals surface area contributed by atoms with Gasteiger partial charge in [-0.3, -0.25) is 0 Å². The Morgan fingerprint density at radius 1 is 1.35 bits per heavy atom. The molecule has 4 atom stereocenters. The highest BCUT2D eigenvalue weighted by Crippen LogP contribution is 2.46. The van der Waals surface area contributed by atoms with Crippen molar-refractivity contribution in [3.63, 3.8) is 0 Å². The molecule has 0 radical (unpaired) electrons. The summed E-state index contributed by atoms with van der Waals surface area (Å²) in [4.78, 5) is 0. The summed E-state index contributed by atoms with van der Waals surface area (Å²) in [5.41, 5.74) is 0.344. The Labute approximate surface area is 106 Å². The SMILES string of the molecule is CCOC1CC(NC2CC=CCC2)C1(C)CC. The van der Waals surface area contributed by atoms with Crippen LogP contribution < -0.4 is 5.32 Å². The van der Waals surface area contributed by atoms with Crippen molar-refractivity contribution in [3.05, 3.63) is 12.2 Å². The lowest BCUT2D eigenvalue weighted by Crippen LogP contribution is -2.63. The average molecular weight is 237 g/mol. The topological polar surface area (TPSA) is 21.3 Å². The van der Waals surface area contributed by atoms with Gasteiger partial charge in [-0.15, -0.1) is 0 Å². The van der Waals surface area contributed by atoms with E-state index in [1.807, 2.05) is 0 Å². The summed E-state index contributed by atoms with van der Waals surface area (Å²) in [6.45, 7) is 7.62. The predicted octanol–water partition coefficient (Wildman–Crippen LogP) is 3.28. The summed E-state index contributed by atoms with van der Waals surface area (Å²) in [7, 11) is 0. The van der Waals surface area contributed by atoms with E-state index in [2.05, 4.69) is 38.2 Å². The van der Waals surface area contributed by atoms with Crippen molar-refractivity contribution < 1.29 is 4.74 Å². The lowest BCUT2D eigenvalue weighted by atomic mass is 9.61. The van der Waals surface area contributed by atoms with Crippen LogP contribution in [-0.4, -0.2) is 24.8 Å². The molecule has 0 amide bonds.